The van der Waals surface area contributed by atoms with Gasteiger partial charge in [0.05, 0.1) is 6.61 Å². The van der Waals surface area contributed by atoms with E-state index in [1.807, 2.05) is 25.1 Å². The quantitative estimate of drug-likeness (QED) is 0.593. The summed E-state index contributed by atoms with van der Waals surface area (Å²) in [5.74, 6) is 0.922. The van der Waals surface area contributed by atoms with Crippen molar-refractivity contribution in [2.45, 2.75) is 13.3 Å². The van der Waals surface area contributed by atoms with E-state index in [1.165, 1.54) is 0 Å². The Morgan fingerprint density at radius 1 is 1.46 bits per heavy atom. The van der Waals surface area contributed by atoms with E-state index in [1.54, 1.807) is 0 Å². The molecule has 72 valence electrons. The van der Waals surface area contributed by atoms with Crippen LogP contribution in [0.25, 0.3) is 0 Å². The molecule has 0 aliphatic carbocycles. The zero-order valence-corrected chi connectivity index (χ0v) is 9.86. The molecule has 0 saturated carbocycles. The Kier molecular flexibility index (Phi) is 4.60. The van der Waals surface area contributed by atoms with Crippen molar-refractivity contribution in [1.82, 2.24) is 0 Å². The highest BCUT2D eigenvalue weighted by Gasteiger charge is 1.99. The monoisotopic (exact) mass is 262 g/mol. The van der Waals surface area contributed by atoms with E-state index >= 15 is 0 Å². The van der Waals surface area contributed by atoms with Crippen LogP contribution in [0.2, 0.25) is 5.02 Å². The van der Waals surface area contributed by atoms with Gasteiger partial charge in [0.1, 0.15) is 5.75 Å². The lowest BCUT2D eigenvalue weighted by Gasteiger charge is -2.07. The molecule has 0 unspecified atom stereocenters. The lowest BCUT2D eigenvalue weighted by Crippen LogP contribution is -1.98. The van der Waals surface area contributed by atoms with Gasteiger partial charge < -0.3 is 4.74 Å². The second-order valence-corrected chi connectivity index (χ2v) is 4.03. The van der Waals surface area contributed by atoms with Crippen LogP contribution in [0, 0.1) is 6.92 Å². The first-order chi connectivity index (χ1) is 6.24. The van der Waals surface area contributed by atoms with Crippen LogP contribution in [0.3, 0.4) is 0 Å². The molecule has 1 aromatic carbocycles. The van der Waals surface area contributed by atoms with Gasteiger partial charge in [-0.1, -0.05) is 27.5 Å². The van der Waals surface area contributed by atoms with E-state index < -0.39 is 0 Å². The minimum absolute atomic E-state index is 0.744. The molecule has 0 aliphatic heterocycles. The first-order valence-corrected chi connectivity index (χ1v) is 5.69. The minimum atomic E-state index is 0.744. The summed E-state index contributed by atoms with van der Waals surface area (Å²) < 4.78 is 5.54. The summed E-state index contributed by atoms with van der Waals surface area (Å²) in [5, 5.41) is 1.73. The molecule has 0 radical (unpaired) electrons. The number of hydrogen-bond acceptors (Lipinski definition) is 1. The van der Waals surface area contributed by atoms with Crippen molar-refractivity contribution in [1.29, 1.82) is 0 Å². The van der Waals surface area contributed by atoms with E-state index in [-0.39, 0.29) is 0 Å². The number of hydrogen-bond donors (Lipinski definition) is 0. The first-order valence-electron chi connectivity index (χ1n) is 4.19. The predicted octanol–water partition coefficient (Wildman–Crippen LogP) is 3.81. The van der Waals surface area contributed by atoms with Gasteiger partial charge in [0, 0.05) is 10.4 Å². The fourth-order valence-electron chi connectivity index (χ4n) is 1.01. The number of benzene rings is 1. The summed E-state index contributed by atoms with van der Waals surface area (Å²) in [4.78, 5) is 0. The summed E-state index contributed by atoms with van der Waals surface area (Å²) >= 11 is 9.17. The van der Waals surface area contributed by atoms with Crippen molar-refractivity contribution in [2.75, 3.05) is 11.9 Å². The molecule has 0 bridgehead atoms. The molecular weight excluding hydrogens is 251 g/mol. The van der Waals surface area contributed by atoms with Gasteiger partial charge in [-0.2, -0.15) is 0 Å². The fourth-order valence-corrected chi connectivity index (χ4v) is 1.47. The number of rotatable bonds is 4. The molecule has 1 nitrogen and oxygen atoms in total. The van der Waals surface area contributed by atoms with E-state index in [0.29, 0.717) is 0 Å². The molecule has 3 heteroatoms. The molecule has 0 saturated heterocycles. The molecule has 1 rings (SSSR count). The van der Waals surface area contributed by atoms with Gasteiger partial charge >= 0.3 is 0 Å². The molecule has 13 heavy (non-hydrogen) atoms. The van der Waals surface area contributed by atoms with E-state index in [0.717, 1.165) is 34.7 Å². The summed E-state index contributed by atoms with van der Waals surface area (Å²) in [6.07, 6.45) is 1.02. The number of alkyl halides is 1. The van der Waals surface area contributed by atoms with Gasteiger partial charge in [0.2, 0.25) is 0 Å². The SMILES string of the molecule is Cc1cc(Cl)ccc1OCCCBr. The summed E-state index contributed by atoms with van der Waals surface area (Å²) in [6.45, 7) is 2.74. The van der Waals surface area contributed by atoms with Crippen LogP contribution < -0.4 is 4.74 Å². The molecule has 0 aliphatic rings. The third-order valence-electron chi connectivity index (χ3n) is 1.67. The van der Waals surface area contributed by atoms with Crippen LogP contribution in [-0.4, -0.2) is 11.9 Å². The Labute approximate surface area is 92.2 Å². The average molecular weight is 264 g/mol. The molecule has 0 amide bonds. The van der Waals surface area contributed by atoms with E-state index in [2.05, 4.69) is 15.9 Å². The minimum Gasteiger partial charge on any atom is -0.493 e. The summed E-state index contributed by atoms with van der Waals surface area (Å²) in [6, 6.07) is 5.66. The second kappa shape index (κ2) is 5.51. The molecule has 0 N–H and O–H groups in total. The molecule has 0 atom stereocenters. The van der Waals surface area contributed by atoms with Crippen LogP contribution in [0.1, 0.15) is 12.0 Å². The standard InChI is InChI=1S/C10H12BrClO/c1-8-7-9(12)3-4-10(8)13-6-2-5-11/h3-4,7H,2,5-6H2,1H3. The van der Waals surface area contributed by atoms with Gasteiger partial charge in [-0.05, 0) is 37.1 Å². The van der Waals surface area contributed by atoms with Crippen LogP contribution in [0.4, 0.5) is 0 Å². The summed E-state index contributed by atoms with van der Waals surface area (Å²) in [5.41, 5.74) is 1.09. The Hall–Kier alpha value is -0.210. The number of aryl methyl sites for hydroxylation is 1. The second-order valence-electron chi connectivity index (χ2n) is 2.80. The van der Waals surface area contributed by atoms with E-state index in [4.69, 9.17) is 16.3 Å². The van der Waals surface area contributed by atoms with Crippen molar-refractivity contribution < 1.29 is 4.74 Å². The molecule has 0 fully saturated rings. The van der Waals surface area contributed by atoms with Gasteiger partial charge in [-0.3, -0.25) is 0 Å². The third-order valence-corrected chi connectivity index (χ3v) is 2.47. The lowest BCUT2D eigenvalue weighted by atomic mass is 10.2. The first kappa shape index (κ1) is 10.9. The average Bonchev–Trinajstić information content (AvgIpc) is 2.09. The maximum atomic E-state index is 5.82. The van der Waals surface area contributed by atoms with E-state index in [9.17, 15) is 0 Å². The third kappa shape index (κ3) is 3.57. The number of ether oxygens (including phenoxy) is 1. The zero-order chi connectivity index (χ0) is 9.68. The topological polar surface area (TPSA) is 9.23 Å². The molecule has 0 spiro atoms. The molecule has 1 aromatic rings. The maximum Gasteiger partial charge on any atom is 0.122 e. The molecule has 0 aromatic heterocycles. The summed E-state index contributed by atoms with van der Waals surface area (Å²) in [7, 11) is 0. The van der Waals surface area contributed by atoms with Gasteiger partial charge in [-0.25, -0.2) is 0 Å². The van der Waals surface area contributed by atoms with Gasteiger partial charge in [0.15, 0.2) is 0 Å². The molecule has 0 heterocycles. The Morgan fingerprint density at radius 3 is 2.85 bits per heavy atom. The van der Waals surface area contributed by atoms with Gasteiger partial charge in [-0.15, -0.1) is 0 Å². The van der Waals surface area contributed by atoms with Crippen LogP contribution in [-0.2, 0) is 0 Å². The highest BCUT2D eigenvalue weighted by molar-refractivity contribution is 9.09. The predicted molar refractivity (Wildman–Crippen MR) is 60.1 cm³/mol. The van der Waals surface area contributed by atoms with Crippen LogP contribution >= 0.6 is 27.5 Å². The highest BCUT2D eigenvalue weighted by Crippen LogP contribution is 2.21. The largest absolute Gasteiger partial charge is 0.493 e. The van der Waals surface area contributed by atoms with Crippen molar-refractivity contribution >= 4 is 27.5 Å². The normalized spacial score (nSPS) is 10.1. The smallest absolute Gasteiger partial charge is 0.122 e. The number of halogens is 2. The van der Waals surface area contributed by atoms with Crippen LogP contribution in [0.5, 0.6) is 5.75 Å². The Balaban J connectivity index is 2.56. The lowest BCUT2D eigenvalue weighted by molar-refractivity contribution is 0.317. The van der Waals surface area contributed by atoms with Crippen LogP contribution in [0.15, 0.2) is 18.2 Å². The fraction of sp³-hybridized carbons (Fsp3) is 0.400. The van der Waals surface area contributed by atoms with Crippen molar-refractivity contribution in [2.24, 2.45) is 0 Å². The Bertz CT molecular complexity index is 276. The van der Waals surface area contributed by atoms with Crippen molar-refractivity contribution in [3.05, 3.63) is 28.8 Å². The van der Waals surface area contributed by atoms with Crippen molar-refractivity contribution in [3.8, 4) is 5.75 Å². The Morgan fingerprint density at radius 2 is 2.23 bits per heavy atom. The van der Waals surface area contributed by atoms with Gasteiger partial charge in [0.25, 0.3) is 0 Å². The maximum absolute atomic E-state index is 5.82. The highest BCUT2D eigenvalue weighted by atomic mass is 79.9. The zero-order valence-electron chi connectivity index (χ0n) is 7.52. The van der Waals surface area contributed by atoms with Crippen molar-refractivity contribution in [3.63, 3.8) is 0 Å². The molecular formula is C10H12BrClO.